The lowest BCUT2D eigenvalue weighted by molar-refractivity contribution is -0.125. The van der Waals surface area contributed by atoms with Crippen LogP contribution in [0.25, 0.3) is 5.57 Å². The number of nitrogens with zero attached hydrogens (tertiary/aromatic N) is 2. The number of imidazole rings is 1. The molecule has 0 aromatic carbocycles. The van der Waals surface area contributed by atoms with Crippen LogP contribution in [0.5, 0.6) is 0 Å². The fourth-order valence-electron chi connectivity index (χ4n) is 1.47. The maximum atomic E-state index is 11.2. The van der Waals surface area contributed by atoms with Crippen LogP contribution < -0.4 is 5.73 Å². The highest BCUT2D eigenvalue weighted by atomic mass is 16.1. The molecule has 4 heteroatoms. The van der Waals surface area contributed by atoms with E-state index in [0.29, 0.717) is 6.42 Å². The maximum Gasteiger partial charge on any atom is 0.223 e. The second kappa shape index (κ2) is 5.67. The maximum absolute atomic E-state index is 11.2. The number of primary amides is 1. The standard InChI is InChI=1S/C14H21N3O/c1-5-11(12-9-17(4)10-16-12)7-6-8-14(2,3)13(15)18/h5-7,9-10H,8H2,1-4H3,(H2,15,18)/b7-6-,11-5+. The van der Waals surface area contributed by atoms with Crippen molar-refractivity contribution in [3.8, 4) is 0 Å². The number of aryl methyl sites for hydroxylation is 1. The van der Waals surface area contributed by atoms with E-state index in [2.05, 4.69) is 4.98 Å². The summed E-state index contributed by atoms with van der Waals surface area (Å²) in [6, 6.07) is 0. The monoisotopic (exact) mass is 247 g/mol. The second-order valence-electron chi connectivity index (χ2n) is 5.02. The van der Waals surface area contributed by atoms with Gasteiger partial charge < -0.3 is 10.3 Å². The molecule has 1 heterocycles. The Balaban J connectivity index is 2.74. The lowest BCUT2D eigenvalue weighted by Gasteiger charge is -2.17. The molecule has 0 radical (unpaired) electrons. The predicted octanol–water partition coefficient (Wildman–Crippen LogP) is 2.28. The topological polar surface area (TPSA) is 60.9 Å². The first kappa shape index (κ1) is 14.2. The highest BCUT2D eigenvalue weighted by Crippen LogP contribution is 2.21. The molecule has 4 nitrogen and oxygen atoms in total. The molecule has 0 aliphatic carbocycles. The van der Waals surface area contributed by atoms with Crippen molar-refractivity contribution in [3.63, 3.8) is 0 Å². The Morgan fingerprint density at radius 1 is 1.56 bits per heavy atom. The Labute approximate surface area is 108 Å². The van der Waals surface area contributed by atoms with Gasteiger partial charge in [-0.15, -0.1) is 0 Å². The van der Waals surface area contributed by atoms with Gasteiger partial charge in [0.05, 0.1) is 12.0 Å². The van der Waals surface area contributed by atoms with Crippen molar-refractivity contribution in [1.82, 2.24) is 9.55 Å². The van der Waals surface area contributed by atoms with Gasteiger partial charge in [0, 0.05) is 18.7 Å². The van der Waals surface area contributed by atoms with Crippen molar-refractivity contribution in [1.29, 1.82) is 0 Å². The van der Waals surface area contributed by atoms with E-state index >= 15 is 0 Å². The van der Waals surface area contributed by atoms with Crippen molar-refractivity contribution in [2.45, 2.75) is 27.2 Å². The Kier molecular flexibility index (Phi) is 4.48. The van der Waals surface area contributed by atoms with Crippen molar-refractivity contribution in [3.05, 3.63) is 36.4 Å². The molecule has 0 spiro atoms. The zero-order chi connectivity index (χ0) is 13.8. The number of carbonyl (C=O) groups excluding carboxylic acids is 1. The van der Waals surface area contributed by atoms with Gasteiger partial charge >= 0.3 is 0 Å². The number of hydrogen-bond donors (Lipinski definition) is 1. The lowest BCUT2D eigenvalue weighted by Crippen LogP contribution is -2.30. The number of carbonyl (C=O) groups is 1. The SMILES string of the molecule is C/C=C(\C=C/CC(C)(C)C(N)=O)c1cn(C)cn1. The van der Waals surface area contributed by atoms with E-state index < -0.39 is 5.41 Å². The van der Waals surface area contributed by atoms with E-state index in [9.17, 15) is 4.79 Å². The van der Waals surface area contributed by atoms with Gasteiger partial charge in [0.2, 0.25) is 5.91 Å². The molecule has 0 unspecified atom stereocenters. The summed E-state index contributed by atoms with van der Waals surface area (Å²) < 4.78 is 1.90. The van der Waals surface area contributed by atoms with Crippen LogP contribution in [-0.4, -0.2) is 15.5 Å². The third kappa shape index (κ3) is 3.58. The van der Waals surface area contributed by atoms with Crippen LogP contribution in [0.15, 0.2) is 30.8 Å². The summed E-state index contributed by atoms with van der Waals surface area (Å²) >= 11 is 0. The van der Waals surface area contributed by atoms with Crippen LogP contribution >= 0.6 is 0 Å². The molecule has 0 aliphatic heterocycles. The summed E-state index contributed by atoms with van der Waals surface area (Å²) in [6.07, 6.45) is 10.3. The van der Waals surface area contributed by atoms with Crippen molar-refractivity contribution < 1.29 is 4.79 Å². The molecule has 0 fully saturated rings. The second-order valence-corrected chi connectivity index (χ2v) is 5.02. The number of amides is 1. The van der Waals surface area contributed by atoms with Crippen LogP contribution in [0.2, 0.25) is 0 Å². The predicted molar refractivity (Wildman–Crippen MR) is 73.6 cm³/mol. The van der Waals surface area contributed by atoms with Crippen LogP contribution in [0.3, 0.4) is 0 Å². The van der Waals surface area contributed by atoms with Gasteiger partial charge in [-0.3, -0.25) is 4.79 Å². The van der Waals surface area contributed by atoms with Crippen molar-refractivity contribution in [2.75, 3.05) is 0 Å². The first-order chi connectivity index (χ1) is 8.36. The molecule has 0 atom stereocenters. The van der Waals surface area contributed by atoms with Gasteiger partial charge in [0.15, 0.2) is 0 Å². The zero-order valence-corrected chi connectivity index (χ0v) is 11.5. The van der Waals surface area contributed by atoms with E-state index in [1.54, 1.807) is 6.33 Å². The average Bonchev–Trinajstić information content (AvgIpc) is 2.71. The first-order valence-corrected chi connectivity index (χ1v) is 5.98. The normalized spacial score (nSPS) is 13.2. The van der Waals surface area contributed by atoms with Gasteiger partial charge in [0.25, 0.3) is 0 Å². The fourth-order valence-corrected chi connectivity index (χ4v) is 1.47. The molecule has 0 aliphatic rings. The molecular weight excluding hydrogens is 226 g/mol. The summed E-state index contributed by atoms with van der Waals surface area (Å²) in [7, 11) is 1.93. The molecule has 0 saturated heterocycles. The summed E-state index contributed by atoms with van der Waals surface area (Å²) in [5, 5.41) is 0. The summed E-state index contributed by atoms with van der Waals surface area (Å²) in [6.45, 7) is 5.65. The van der Waals surface area contributed by atoms with Gasteiger partial charge in [-0.1, -0.05) is 32.1 Å². The Morgan fingerprint density at radius 3 is 2.67 bits per heavy atom. The highest BCUT2D eigenvalue weighted by Gasteiger charge is 2.22. The van der Waals surface area contributed by atoms with E-state index in [-0.39, 0.29) is 5.91 Å². The zero-order valence-electron chi connectivity index (χ0n) is 11.5. The van der Waals surface area contributed by atoms with Crippen molar-refractivity contribution in [2.24, 2.45) is 18.2 Å². The van der Waals surface area contributed by atoms with E-state index in [0.717, 1.165) is 11.3 Å². The van der Waals surface area contributed by atoms with Crippen LogP contribution in [0.4, 0.5) is 0 Å². The molecular formula is C14H21N3O. The minimum absolute atomic E-state index is 0.285. The molecule has 2 N–H and O–H groups in total. The average molecular weight is 247 g/mol. The third-order valence-corrected chi connectivity index (χ3v) is 2.90. The minimum atomic E-state index is -0.514. The number of hydrogen-bond acceptors (Lipinski definition) is 2. The molecule has 1 aromatic heterocycles. The van der Waals surface area contributed by atoms with Gasteiger partial charge in [-0.05, 0) is 18.9 Å². The summed E-state index contributed by atoms with van der Waals surface area (Å²) in [5.41, 5.74) is 6.78. The van der Waals surface area contributed by atoms with E-state index in [1.165, 1.54) is 0 Å². The molecule has 1 amide bonds. The molecule has 1 aromatic rings. The smallest absolute Gasteiger partial charge is 0.223 e. The molecule has 98 valence electrons. The van der Waals surface area contributed by atoms with Crippen molar-refractivity contribution >= 4 is 11.5 Å². The molecule has 0 bridgehead atoms. The van der Waals surface area contributed by atoms with Gasteiger partial charge in [0.1, 0.15) is 0 Å². The van der Waals surface area contributed by atoms with E-state index in [4.69, 9.17) is 5.73 Å². The quantitative estimate of drug-likeness (QED) is 0.811. The Morgan fingerprint density at radius 2 is 2.22 bits per heavy atom. The highest BCUT2D eigenvalue weighted by molar-refractivity contribution is 5.80. The minimum Gasteiger partial charge on any atom is -0.369 e. The van der Waals surface area contributed by atoms with Crippen LogP contribution in [0, 0.1) is 5.41 Å². The first-order valence-electron chi connectivity index (χ1n) is 5.98. The lowest BCUT2D eigenvalue weighted by atomic mass is 9.88. The van der Waals surface area contributed by atoms with Crippen LogP contribution in [-0.2, 0) is 11.8 Å². The summed E-state index contributed by atoms with van der Waals surface area (Å²) in [4.78, 5) is 15.5. The number of allylic oxidation sites excluding steroid dienone is 4. The number of aromatic nitrogens is 2. The van der Waals surface area contributed by atoms with Crippen LogP contribution in [0.1, 0.15) is 32.9 Å². The number of rotatable bonds is 5. The van der Waals surface area contributed by atoms with Gasteiger partial charge in [-0.2, -0.15) is 0 Å². The van der Waals surface area contributed by atoms with E-state index in [1.807, 2.05) is 56.8 Å². The Hall–Kier alpha value is -1.84. The summed E-state index contributed by atoms with van der Waals surface area (Å²) in [5.74, 6) is -0.285. The third-order valence-electron chi connectivity index (χ3n) is 2.90. The molecule has 0 saturated carbocycles. The largest absolute Gasteiger partial charge is 0.369 e. The van der Waals surface area contributed by atoms with Gasteiger partial charge in [-0.25, -0.2) is 4.98 Å². The fraction of sp³-hybridized carbons (Fsp3) is 0.429. The molecule has 1 rings (SSSR count). The Bertz CT molecular complexity index is 481. The number of nitrogens with two attached hydrogens (primary N) is 1. The molecule has 18 heavy (non-hydrogen) atoms.